The maximum Gasteiger partial charge on any atom is 0.337 e. The number of carboxylic acids is 1. The van der Waals surface area contributed by atoms with Gasteiger partial charge in [0, 0.05) is 5.54 Å². The van der Waals surface area contributed by atoms with Gasteiger partial charge in [0.15, 0.2) is 0 Å². The van der Waals surface area contributed by atoms with Crippen molar-refractivity contribution in [1.82, 2.24) is 5.32 Å². The second-order valence-electron chi connectivity index (χ2n) is 6.43. The van der Waals surface area contributed by atoms with E-state index < -0.39 is 5.97 Å². The van der Waals surface area contributed by atoms with Crippen LogP contribution in [0.1, 0.15) is 59.2 Å². The number of carbonyl (C=O) groups is 2. The first-order chi connectivity index (χ1) is 11.0. The normalized spacial score (nSPS) is 19.4. The van der Waals surface area contributed by atoms with Gasteiger partial charge in [-0.1, -0.05) is 24.4 Å². The molecule has 2 aliphatic rings. The van der Waals surface area contributed by atoms with E-state index in [4.69, 9.17) is 16.3 Å². The molecule has 3 rings (SSSR count). The predicted octanol–water partition coefficient (Wildman–Crippen LogP) is 3.50. The van der Waals surface area contributed by atoms with Crippen LogP contribution in [-0.2, 0) is 0 Å². The van der Waals surface area contributed by atoms with Crippen LogP contribution in [-0.4, -0.2) is 29.6 Å². The molecule has 0 heterocycles. The van der Waals surface area contributed by atoms with Crippen molar-refractivity contribution < 1.29 is 19.4 Å². The minimum atomic E-state index is -1.18. The average molecular weight is 338 g/mol. The molecule has 2 saturated carbocycles. The first-order valence-corrected chi connectivity index (χ1v) is 8.28. The topological polar surface area (TPSA) is 75.6 Å². The van der Waals surface area contributed by atoms with E-state index in [2.05, 4.69) is 5.32 Å². The molecular formula is C17H20ClNO4. The van der Waals surface area contributed by atoms with E-state index in [1.807, 2.05) is 0 Å². The Kier molecular flexibility index (Phi) is 4.23. The summed E-state index contributed by atoms with van der Waals surface area (Å²) < 4.78 is 5.09. The smallest absolute Gasteiger partial charge is 0.337 e. The van der Waals surface area contributed by atoms with E-state index in [-0.39, 0.29) is 27.6 Å². The molecule has 1 amide bonds. The van der Waals surface area contributed by atoms with Crippen LogP contribution in [0.2, 0.25) is 5.02 Å². The molecule has 2 N–H and O–H groups in total. The minimum Gasteiger partial charge on any atom is -0.497 e. The Bertz CT molecular complexity index is 648. The van der Waals surface area contributed by atoms with Gasteiger partial charge in [-0.2, -0.15) is 0 Å². The van der Waals surface area contributed by atoms with E-state index in [1.54, 1.807) is 0 Å². The lowest BCUT2D eigenvalue weighted by Crippen LogP contribution is -2.42. The summed E-state index contributed by atoms with van der Waals surface area (Å²) in [6.07, 6.45) is 6.68. The van der Waals surface area contributed by atoms with E-state index in [1.165, 1.54) is 32.1 Å². The van der Waals surface area contributed by atoms with Gasteiger partial charge in [0.2, 0.25) is 0 Å². The Morgan fingerprint density at radius 3 is 2.39 bits per heavy atom. The van der Waals surface area contributed by atoms with E-state index in [9.17, 15) is 14.7 Å². The molecule has 124 valence electrons. The fraction of sp³-hybridized carbons (Fsp3) is 0.529. The first kappa shape index (κ1) is 16.1. The van der Waals surface area contributed by atoms with Crippen LogP contribution in [0.4, 0.5) is 0 Å². The molecule has 2 fully saturated rings. The highest BCUT2D eigenvalue weighted by atomic mass is 35.5. The molecule has 0 atom stereocenters. The third-order valence-electron chi connectivity index (χ3n) is 5.04. The van der Waals surface area contributed by atoms with Crippen molar-refractivity contribution in [2.75, 3.05) is 7.11 Å². The van der Waals surface area contributed by atoms with Crippen LogP contribution < -0.4 is 10.1 Å². The van der Waals surface area contributed by atoms with Gasteiger partial charge in [0.25, 0.3) is 5.91 Å². The molecule has 5 nitrogen and oxygen atoms in total. The quantitative estimate of drug-likeness (QED) is 0.862. The van der Waals surface area contributed by atoms with Gasteiger partial charge < -0.3 is 15.2 Å². The number of methoxy groups -OCH3 is 1. The first-order valence-electron chi connectivity index (χ1n) is 7.90. The third-order valence-corrected chi connectivity index (χ3v) is 5.45. The van der Waals surface area contributed by atoms with Crippen LogP contribution in [0.15, 0.2) is 12.1 Å². The summed E-state index contributed by atoms with van der Waals surface area (Å²) in [5.41, 5.74) is -0.0850. The Morgan fingerprint density at radius 1 is 1.26 bits per heavy atom. The van der Waals surface area contributed by atoms with Gasteiger partial charge in [-0.05, 0) is 43.7 Å². The molecule has 1 aromatic carbocycles. The molecule has 0 radical (unpaired) electrons. The molecule has 0 saturated heterocycles. The van der Waals surface area contributed by atoms with Crippen LogP contribution in [0, 0.1) is 5.92 Å². The maximum absolute atomic E-state index is 12.7. The summed E-state index contributed by atoms with van der Waals surface area (Å²) in [6, 6.07) is 2.82. The molecule has 0 aliphatic heterocycles. The van der Waals surface area contributed by atoms with Crippen molar-refractivity contribution in [3.05, 3.63) is 28.3 Å². The van der Waals surface area contributed by atoms with E-state index >= 15 is 0 Å². The van der Waals surface area contributed by atoms with Gasteiger partial charge in [-0.15, -0.1) is 0 Å². The van der Waals surface area contributed by atoms with Crippen molar-refractivity contribution in [3.63, 3.8) is 0 Å². The van der Waals surface area contributed by atoms with Crippen molar-refractivity contribution >= 4 is 23.5 Å². The van der Waals surface area contributed by atoms with Crippen molar-refractivity contribution in [3.8, 4) is 5.75 Å². The molecule has 0 aromatic heterocycles. The molecule has 0 unspecified atom stereocenters. The van der Waals surface area contributed by atoms with Crippen LogP contribution in [0.5, 0.6) is 5.75 Å². The third kappa shape index (κ3) is 3.02. The summed E-state index contributed by atoms with van der Waals surface area (Å²) in [4.78, 5) is 24.0. The number of halogens is 1. The molecule has 6 heteroatoms. The second kappa shape index (κ2) is 6.04. The highest BCUT2D eigenvalue weighted by Crippen LogP contribution is 2.49. The highest BCUT2D eigenvalue weighted by Gasteiger charge is 2.51. The average Bonchev–Trinajstić information content (AvgIpc) is 3.09. The second-order valence-corrected chi connectivity index (χ2v) is 6.81. The van der Waals surface area contributed by atoms with Gasteiger partial charge >= 0.3 is 5.97 Å². The Morgan fingerprint density at radius 2 is 1.87 bits per heavy atom. The fourth-order valence-electron chi connectivity index (χ4n) is 3.58. The number of ether oxygens (including phenoxy) is 1. The Labute approximate surface area is 140 Å². The van der Waals surface area contributed by atoms with E-state index in [0.717, 1.165) is 25.7 Å². The lowest BCUT2D eigenvalue weighted by atomic mass is 9.95. The van der Waals surface area contributed by atoms with Gasteiger partial charge in [0.05, 0.1) is 23.3 Å². The number of aromatic carboxylic acids is 1. The molecule has 0 spiro atoms. The van der Waals surface area contributed by atoms with Crippen molar-refractivity contribution in [1.29, 1.82) is 0 Å². The zero-order chi connectivity index (χ0) is 16.6. The summed E-state index contributed by atoms with van der Waals surface area (Å²) in [6.45, 7) is 0. The largest absolute Gasteiger partial charge is 0.497 e. The Hall–Kier alpha value is -1.75. The van der Waals surface area contributed by atoms with Crippen molar-refractivity contribution in [2.24, 2.45) is 5.92 Å². The number of carboxylic acid groups (broad SMARTS) is 1. The number of amides is 1. The number of carbonyl (C=O) groups excluding carboxylic acids is 1. The lowest BCUT2D eigenvalue weighted by molar-refractivity contribution is 0.0696. The highest BCUT2D eigenvalue weighted by molar-refractivity contribution is 6.36. The number of benzene rings is 1. The van der Waals surface area contributed by atoms with Crippen LogP contribution >= 0.6 is 11.6 Å². The number of hydrogen-bond donors (Lipinski definition) is 2. The van der Waals surface area contributed by atoms with Gasteiger partial charge in [-0.25, -0.2) is 4.79 Å². The number of hydrogen-bond acceptors (Lipinski definition) is 3. The zero-order valence-corrected chi connectivity index (χ0v) is 13.8. The van der Waals surface area contributed by atoms with Gasteiger partial charge in [-0.3, -0.25) is 4.79 Å². The standard InChI is InChI=1S/C17H20ClNO4/c1-23-11-8-12(14(18)13(9-11)16(21)22)15(20)19-17(6-7-17)10-4-2-3-5-10/h8-10H,2-7H2,1H3,(H,19,20)(H,21,22). The number of rotatable bonds is 5. The van der Waals surface area contributed by atoms with Crippen LogP contribution in [0.3, 0.4) is 0 Å². The Balaban J connectivity index is 1.87. The van der Waals surface area contributed by atoms with Crippen LogP contribution in [0.25, 0.3) is 0 Å². The number of nitrogens with one attached hydrogen (secondary N) is 1. The fourth-order valence-corrected chi connectivity index (χ4v) is 3.85. The van der Waals surface area contributed by atoms with Gasteiger partial charge in [0.1, 0.15) is 5.75 Å². The SMILES string of the molecule is COc1cc(C(=O)O)c(Cl)c(C(=O)NC2(C3CCCC3)CC2)c1. The summed E-state index contributed by atoms with van der Waals surface area (Å²) in [5, 5.41) is 12.3. The van der Waals surface area contributed by atoms with Crippen molar-refractivity contribution in [2.45, 2.75) is 44.1 Å². The molecule has 1 aromatic rings. The summed E-state index contributed by atoms with van der Waals surface area (Å²) >= 11 is 6.14. The van der Waals surface area contributed by atoms with E-state index in [0.29, 0.717) is 11.7 Å². The monoisotopic (exact) mass is 337 g/mol. The maximum atomic E-state index is 12.7. The molecule has 0 bridgehead atoms. The summed E-state index contributed by atoms with van der Waals surface area (Å²) in [5.74, 6) is -0.668. The molecule has 23 heavy (non-hydrogen) atoms. The molecule has 2 aliphatic carbocycles. The predicted molar refractivity (Wildman–Crippen MR) is 86.4 cm³/mol. The summed E-state index contributed by atoms with van der Waals surface area (Å²) in [7, 11) is 1.43. The minimum absolute atomic E-state index is 0.0435. The zero-order valence-electron chi connectivity index (χ0n) is 13.0. The molecular weight excluding hydrogens is 318 g/mol. The lowest BCUT2D eigenvalue weighted by Gasteiger charge is -2.24.